The molecule has 0 fully saturated rings. The summed E-state index contributed by atoms with van der Waals surface area (Å²) in [4.78, 5) is 10.3. The van der Waals surface area contributed by atoms with Gasteiger partial charge >= 0.3 is 0 Å². The maximum atomic E-state index is 13.6. The van der Waals surface area contributed by atoms with Crippen LogP contribution in [0.25, 0.3) is 0 Å². The van der Waals surface area contributed by atoms with Crippen LogP contribution in [0.1, 0.15) is 5.56 Å². The van der Waals surface area contributed by atoms with Crippen LogP contribution in [0.15, 0.2) is 71.6 Å². The zero-order chi connectivity index (χ0) is 23.3. The van der Waals surface area contributed by atoms with Gasteiger partial charge in [-0.05, 0) is 29.8 Å². The van der Waals surface area contributed by atoms with E-state index in [-0.39, 0.29) is 17.1 Å². The minimum absolute atomic E-state index is 0.0210. The van der Waals surface area contributed by atoms with E-state index in [1.807, 2.05) is 0 Å². The lowest BCUT2D eigenvalue weighted by Gasteiger charge is -2.25. The van der Waals surface area contributed by atoms with Crippen LogP contribution >= 0.6 is 0 Å². The molecule has 0 aromatic heterocycles. The van der Waals surface area contributed by atoms with E-state index in [4.69, 9.17) is 14.2 Å². The van der Waals surface area contributed by atoms with Gasteiger partial charge in [0.15, 0.2) is 0 Å². The average Bonchev–Trinajstić information content (AvgIpc) is 2.82. The minimum atomic E-state index is -4.11. The van der Waals surface area contributed by atoms with E-state index in [1.165, 1.54) is 37.8 Å². The fourth-order valence-electron chi connectivity index (χ4n) is 3.06. The number of nitro benzene ring substituents is 1. The molecule has 32 heavy (non-hydrogen) atoms. The van der Waals surface area contributed by atoms with Gasteiger partial charge < -0.3 is 14.2 Å². The highest BCUT2D eigenvalue weighted by molar-refractivity contribution is 7.92. The van der Waals surface area contributed by atoms with Crippen molar-refractivity contribution in [3.63, 3.8) is 0 Å². The quantitative estimate of drug-likeness (QED) is 0.352. The highest BCUT2D eigenvalue weighted by atomic mass is 32.2. The molecular formula is C22H22N2O7S. The molecule has 0 unspecified atom stereocenters. The number of hydrogen-bond donors (Lipinski definition) is 0. The van der Waals surface area contributed by atoms with Crippen molar-refractivity contribution in [3.05, 3.63) is 82.4 Å². The molecule has 0 saturated carbocycles. The van der Waals surface area contributed by atoms with Crippen molar-refractivity contribution in [3.8, 4) is 17.2 Å². The topological polar surface area (TPSA) is 108 Å². The zero-order valence-corrected chi connectivity index (χ0v) is 18.5. The molecule has 0 atom stereocenters. The van der Waals surface area contributed by atoms with Crippen LogP contribution in [0.3, 0.4) is 0 Å². The first-order valence-electron chi connectivity index (χ1n) is 9.41. The molecule has 168 valence electrons. The molecular weight excluding hydrogens is 436 g/mol. The third-order valence-electron chi connectivity index (χ3n) is 4.72. The lowest BCUT2D eigenvalue weighted by molar-refractivity contribution is -0.384. The summed E-state index contributed by atoms with van der Waals surface area (Å²) in [6.45, 7) is -0.0210. The average molecular weight is 458 g/mol. The second-order valence-electron chi connectivity index (χ2n) is 6.69. The fraction of sp³-hybridized carbons (Fsp3) is 0.182. The maximum Gasteiger partial charge on any atom is 0.269 e. The van der Waals surface area contributed by atoms with Gasteiger partial charge in [-0.2, -0.15) is 0 Å². The summed E-state index contributed by atoms with van der Waals surface area (Å²) in [5, 5.41) is 11.0. The van der Waals surface area contributed by atoms with Crippen LogP contribution in [0, 0.1) is 10.1 Å². The summed E-state index contributed by atoms with van der Waals surface area (Å²) in [5.41, 5.74) is 0.783. The third kappa shape index (κ3) is 4.92. The predicted molar refractivity (Wildman–Crippen MR) is 119 cm³/mol. The van der Waals surface area contributed by atoms with Crippen LogP contribution in [-0.2, 0) is 16.6 Å². The minimum Gasteiger partial charge on any atom is -0.497 e. The van der Waals surface area contributed by atoms with Gasteiger partial charge in [-0.1, -0.05) is 12.1 Å². The molecule has 3 aromatic carbocycles. The maximum absolute atomic E-state index is 13.6. The van der Waals surface area contributed by atoms with Gasteiger partial charge in [-0.3, -0.25) is 14.4 Å². The summed E-state index contributed by atoms with van der Waals surface area (Å²) in [6.07, 6.45) is 0. The van der Waals surface area contributed by atoms with E-state index in [0.717, 1.165) is 12.1 Å². The van der Waals surface area contributed by atoms with Gasteiger partial charge in [0.1, 0.15) is 17.2 Å². The SMILES string of the molecule is COc1cccc(CN(c2cc(OC)cc(OC)c2)S(=O)(=O)c2ccc([N+](=O)[O-])cc2)c1. The molecule has 0 bridgehead atoms. The van der Waals surface area contributed by atoms with E-state index in [9.17, 15) is 18.5 Å². The fourth-order valence-corrected chi connectivity index (χ4v) is 4.49. The standard InChI is InChI=1S/C22H22N2O7S/c1-29-19-6-4-5-16(11-19)15-23(18-12-20(30-2)14-21(13-18)31-3)32(27,28)22-9-7-17(8-10-22)24(25)26/h4-14H,15H2,1-3H3. The molecule has 0 saturated heterocycles. The van der Waals surface area contributed by atoms with Gasteiger partial charge in [0.25, 0.3) is 15.7 Å². The molecule has 3 aromatic rings. The van der Waals surface area contributed by atoms with Crippen LogP contribution in [0.2, 0.25) is 0 Å². The third-order valence-corrected chi connectivity index (χ3v) is 6.51. The number of rotatable bonds is 9. The van der Waals surface area contributed by atoms with Gasteiger partial charge in [-0.25, -0.2) is 8.42 Å². The first-order chi connectivity index (χ1) is 15.3. The molecule has 10 heteroatoms. The number of hydrogen-bond acceptors (Lipinski definition) is 7. The molecule has 0 N–H and O–H groups in total. The molecule has 0 heterocycles. The molecule has 0 radical (unpaired) electrons. The monoisotopic (exact) mass is 458 g/mol. The van der Waals surface area contributed by atoms with Crippen molar-refractivity contribution in [2.45, 2.75) is 11.4 Å². The van der Waals surface area contributed by atoms with Crippen molar-refractivity contribution in [2.75, 3.05) is 25.6 Å². The Kier molecular flexibility index (Phi) is 6.84. The second kappa shape index (κ2) is 9.56. The lowest BCUT2D eigenvalue weighted by Crippen LogP contribution is -2.30. The summed E-state index contributed by atoms with van der Waals surface area (Å²) >= 11 is 0. The van der Waals surface area contributed by atoms with E-state index >= 15 is 0 Å². The number of benzene rings is 3. The van der Waals surface area contributed by atoms with Crippen molar-refractivity contribution in [1.29, 1.82) is 0 Å². The van der Waals surface area contributed by atoms with E-state index in [0.29, 0.717) is 28.5 Å². The number of nitro groups is 1. The molecule has 3 rings (SSSR count). The Morgan fingerprint density at radius 2 is 1.44 bits per heavy atom. The highest BCUT2D eigenvalue weighted by Crippen LogP contribution is 2.33. The second-order valence-corrected chi connectivity index (χ2v) is 8.55. The van der Waals surface area contributed by atoms with Crippen LogP contribution in [0.4, 0.5) is 11.4 Å². The molecule has 0 aliphatic carbocycles. The lowest BCUT2D eigenvalue weighted by atomic mass is 10.2. The Morgan fingerprint density at radius 1 is 0.844 bits per heavy atom. The van der Waals surface area contributed by atoms with Gasteiger partial charge in [-0.15, -0.1) is 0 Å². The Balaban J connectivity index is 2.14. The predicted octanol–water partition coefficient (Wildman–Crippen LogP) is 4.02. The Morgan fingerprint density at radius 3 is 1.97 bits per heavy atom. The number of non-ortho nitro benzene ring substituents is 1. The summed E-state index contributed by atoms with van der Waals surface area (Å²) < 4.78 is 44.3. The van der Waals surface area contributed by atoms with E-state index in [1.54, 1.807) is 42.5 Å². The number of methoxy groups -OCH3 is 3. The normalized spacial score (nSPS) is 11.0. The summed E-state index contributed by atoms with van der Waals surface area (Å²) in [7, 11) is 0.356. The molecule has 0 aliphatic heterocycles. The summed E-state index contributed by atoms with van der Waals surface area (Å²) in [5.74, 6) is 1.40. The molecule has 0 aliphatic rings. The van der Waals surface area contributed by atoms with Crippen LogP contribution < -0.4 is 18.5 Å². The van der Waals surface area contributed by atoms with Crippen molar-refractivity contribution >= 4 is 21.4 Å². The largest absolute Gasteiger partial charge is 0.497 e. The highest BCUT2D eigenvalue weighted by Gasteiger charge is 2.27. The van der Waals surface area contributed by atoms with Crippen LogP contribution in [0.5, 0.6) is 17.2 Å². The summed E-state index contributed by atoms with van der Waals surface area (Å²) in [6, 6.07) is 16.5. The smallest absolute Gasteiger partial charge is 0.269 e. The number of sulfonamides is 1. The molecule has 0 spiro atoms. The zero-order valence-electron chi connectivity index (χ0n) is 17.7. The number of anilines is 1. The first kappa shape index (κ1) is 22.9. The number of ether oxygens (including phenoxy) is 3. The van der Waals surface area contributed by atoms with Crippen LogP contribution in [-0.4, -0.2) is 34.7 Å². The van der Waals surface area contributed by atoms with Crippen molar-refractivity contribution in [1.82, 2.24) is 0 Å². The van der Waals surface area contributed by atoms with Gasteiger partial charge in [0.05, 0.1) is 43.4 Å². The Labute approximate surface area is 186 Å². The van der Waals surface area contributed by atoms with Crippen molar-refractivity contribution in [2.24, 2.45) is 0 Å². The van der Waals surface area contributed by atoms with E-state index in [2.05, 4.69) is 0 Å². The number of nitrogens with zero attached hydrogens (tertiary/aromatic N) is 2. The van der Waals surface area contributed by atoms with E-state index < -0.39 is 14.9 Å². The molecule has 0 amide bonds. The Bertz CT molecular complexity index is 1190. The van der Waals surface area contributed by atoms with Crippen molar-refractivity contribution < 1.29 is 27.6 Å². The van der Waals surface area contributed by atoms with Gasteiger partial charge in [0.2, 0.25) is 0 Å². The van der Waals surface area contributed by atoms with Gasteiger partial charge in [0, 0.05) is 30.3 Å². The Hall–Kier alpha value is -3.79. The first-order valence-corrected chi connectivity index (χ1v) is 10.9. The molecule has 9 nitrogen and oxygen atoms in total.